The molecule has 0 radical (unpaired) electrons. The second kappa shape index (κ2) is 3.99. The largest absolute Gasteiger partial charge is 0.325 e. The first-order chi connectivity index (χ1) is 7.92. The van der Waals surface area contributed by atoms with Gasteiger partial charge in [-0.25, -0.2) is 0 Å². The summed E-state index contributed by atoms with van der Waals surface area (Å²) in [5.74, 6) is -0.00574. The lowest BCUT2D eigenvalue weighted by molar-refractivity contribution is -0.120. The Morgan fingerprint density at radius 2 is 1.94 bits per heavy atom. The van der Waals surface area contributed by atoms with Crippen LogP contribution in [0.2, 0.25) is 0 Å². The molecule has 0 saturated heterocycles. The molecular formula is C14H17NO2. The minimum Gasteiger partial charge on any atom is -0.325 e. The summed E-state index contributed by atoms with van der Waals surface area (Å²) in [6, 6.07) is 5.51. The molecule has 1 N–H and O–H groups in total. The lowest BCUT2D eigenvalue weighted by atomic mass is 10.0. The van der Waals surface area contributed by atoms with Crippen molar-refractivity contribution in [2.24, 2.45) is 5.41 Å². The average Bonchev–Trinajstić information content (AvgIpc) is 3.00. The van der Waals surface area contributed by atoms with Gasteiger partial charge in [-0.15, -0.1) is 0 Å². The molecule has 1 saturated carbocycles. The Hall–Kier alpha value is -1.64. The fourth-order valence-electron chi connectivity index (χ4n) is 1.75. The van der Waals surface area contributed by atoms with Crippen LogP contribution < -0.4 is 5.32 Å². The van der Waals surface area contributed by atoms with Crippen LogP contribution in [0.5, 0.6) is 0 Å². The molecular weight excluding hydrogens is 214 g/mol. The van der Waals surface area contributed by atoms with Gasteiger partial charge in [-0.3, -0.25) is 9.59 Å². The Kier molecular flexibility index (Phi) is 2.77. The fraction of sp³-hybridized carbons (Fsp3) is 0.429. The van der Waals surface area contributed by atoms with Crippen LogP contribution in [0.3, 0.4) is 0 Å². The van der Waals surface area contributed by atoms with Crippen LogP contribution in [0.15, 0.2) is 18.2 Å². The lowest BCUT2D eigenvalue weighted by Gasteiger charge is -2.13. The molecule has 0 aromatic heterocycles. The normalized spacial score (nSPS) is 16.4. The third-order valence-corrected chi connectivity index (χ3v) is 3.35. The highest BCUT2D eigenvalue weighted by Crippen LogP contribution is 2.45. The fourth-order valence-corrected chi connectivity index (χ4v) is 1.75. The molecule has 0 bridgehead atoms. The van der Waals surface area contributed by atoms with Crippen LogP contribution in [0.4, 0.5) is 5.69 Å². The molecule has 0 atom stereocenters. The van der Waals surface area contributed by atoms with Gasteiger partial charge < -0.3 is 5.32 Å². The summed E-state index contributed by atoms with van der Waals surface area (Å²) in [5.41, 5.74) is 2.01. The molecule has 3 heteroatoms. The minimum atomic E-state index is -0.223. The molecule has 0 unspecified atom stereocenters. The summed E-state index contributed by atoms with van der Waals surface area (Å²) >= 11 is 0. The first kappa shape index (κ1) is 11.8. The van der Waals surface area contributed by atoms with Crippen molar-refractivity contribution >= 4 is 17.4 Å². The van der Waals surface area contributed by atoms with Crippen molar-refractivity contribution in [3.63, 3.8) is 0 Å². The number of benzene rings is 1. The molecule has 1 amide bonds. The summed E-state index contributed by atoms with van der Waals surface area (Å²) in [5, 5.41) is 2.86. The van der Waals surface area contributed by atoms with Crippen molar-refractivity contribution in [2.75, 3.05) is 5.32 Å². The predicted octanol–water partition coefficient (Wildman–Crippen LogP) is 2.94. The van der Waals surface area contributed by atoms with E-state index in [1.54, 1.807) is 6.07 Å². The van der Waals surface area contributed by atoms with Gasteiger partial charge in [0.2, 0.25) is 5.91 Å². The van der Waals surface area contributed by atoms with Gasteiger partial charge in [-0.2, -0.15) is 0 Å². The number of ketones is 1. The maximum Gasteiger partial charge on any atom is 0.230 e. The highest BCUT2D eigenvalue weighted by molar-refractivity contribution is 6.05. The topological polar surface area (TPSA) is 46.2 Å². The monoisotopic (exact) mass is 231 g/mol. The maximum absolute atomic E-state index is 11.9. The number of amides is 1. The van der Waals surface area contributed by atoms with Crippen LogP contribution >= 0.6 is 0 Å². The Morgan fingerprint density at radius 1 is 1.29 bits per heavy atom. The Morgan fingerprint density at radius 3 is 2.47 bits per heavy atom. The number of carbonyl (C=O) groups is 2. The number of carbonyl (C=O) groups excluding carboxylic acids is 2. The molecule has 90 valence electrons. The number of hydrogen-bond donors (Lipinski definition) is 1. The number of anilines is 1. The van der Waals surface area contributed by atoms with E-state index in [4.69, 9.17) is 0 Å². The maximum atomic E-state index is 11.9. The van der Waals surface area contributed by atoms with Crippen molar-refractivity contribution in [3.8, 4) is 0 Å². The average molecular weight is 231 g/mol. The highest BCUT2D eigenvalue weighted by Gasteiger charge is 2.45. The van der Waals surface area contributed by atoms with Gasteiger partial charge in [-0.05, 0) is 38.8 Å². The predicted molar refractivity (Wildman–Crippen MR) is 67.2 cm³/mol. The first-order valence-corrected chi connectivity index (χ1v) is 5.85. The van der Waals surface area contributed by atoms with Crippen LogP contribution in [-0.4, -0.2) is 11.7 Å². The van der Waals surface area contributed by atoms with E-state index in [2.05, 4.69) is 5.32 Å². The van der Waals surface area contributed by atoms with Crippen molar-refractivity contribution in [1.29, 1.82) is 0 Å². The van der Waals surface area contributed by atoms with Crippen LogP contribution in [0.25, 0.3) is 0 Å². The molecule has 1 aliphatic rings. The van der Waals surface area contributed by atoms with Crippen LogP contribution in [0, 0.1) is 12.3 Å². The van der Waals surface area contributed by atoms with Gasteiger partial charge in [0.1, 0.15) is 0 Å². The summed E-state index contributed by atoms with van der Waals surface area (Å²) in [6.07, 6.45) is 1.86. The summed E-state index contributed by atoms with van der Waals surface area (Å²) in [6.45, 7) is 5.40. The Labute approximate surface area is 101 Å². The van der Waals surface area contributed by atoms with Gasteiger partial charge in [0.25, 0.3) is 0 Å². The summed E-state index contributed by atoms with van der Waals surface area (Å²) < 4.78 is 0. The second-order valence-corrected chi connectivity index (χ2v) is 5.12. The van der Waals surface area contributed by atoms with Crippen molar-refractivity contribution < 1.29 is 9.59 Å². The van der Waals surface area contributed by atoms with E-state index in [0.29, 0.717) is 11.3 Å². The first-order valence-electron chi connectivity index (χ1n) is 5.85. The van der Waals surface area contributed by atoms with E-state index in [-0.39, 0.29) is 17.1 Å². The third-order valence-electron chi connectivity index (χ3n) is 3.35. The number of Topliss-reactive ketones (excluding diaryl/α,β-unsaturated/α-hetero) is 1. The summed E-state index contributed by atoms with van der Waals surface area (Å²) in [4.78, 5) is 23.4. The smallest absolute Gasteiger partial charge is 0.230 e. The van der Waals surface area contributed by atoms with E-state index >= 15 is 0 Å². The molecule has 1 aromatic carbocycles. The molecule has 1 aliphatic carbocycles. The van der Waals surface area contributed by atoms with Gasteiger partial charge in [-0.1, -0.05) is 18.6 Å². The molecule has 0 aliphatic heterocycles. The molecule has 1 fully saturated rings. The van der Waals surface area contributed by atoms with E-state index in [0.717, 1.165) is 18.4 Å². The second-order valence-electron chi connectivity index (χ2n) is 5.12. The van der Waals surface area contributed by atoms with Crippen molar-refractivity contribution in [2.45, 2.75) is 33.6 Å². The van der Waals surface area contributed by atoms with Crippen LogP contribution in [0.1, 0.15) is 42.6 Å². The molecule has 2 rings (SSSR count). The number of aryl methyl sites for hydroxylation is 1. The van der Waals surface area contributed by atoms with Crippen molar-refractivity contribution in [3.05, 3.63) is 29.3 Å². The van der Waals surface area contributed by atoms with Gasteiger partial charge in [0, 0.05) is 11.0 Å². The lowest BCUT2D eigenvalue weighted by Crippen LogP contribution is -2.22. The van der Waals surface area contributed by atoms with Gasteiger partial charge >= 0.3 is 0 Å². The van der Waals surface area contributed by atoms with Crippen LogP contribution in [-0.2, 0) is 4.79 Å². The SMILES string of the molecule is CC(=O)c1cc(C)ccc1NC(=O)C1(C)CC1. The molecule has 3 nitrogen and oxygen atoms in total. The molecule has 17 heavy (non-hydrogen) atoms. The zero-order valence-corrected chi connectivity index (χ0v) is 10.5. The number of hydrogen-bond acceptors (Lipinski definition) is 2. The zero-order chi connectivity index (χ0) is 12.6. The van der Waals surface area contributed by atoms with Gasteiger partial charge in [0.05, 0.1) is 5.69 Å². The minimum absolute atomic E-state index is 0.0175. The Bertz CT molecular complexity index is 487. The number of rotatable bonds is 3. The van der Waals surface area contributed by atoms with E-state index in [1.165, 1.54) is 6.92 Å². The highest BCUT2D eigenvalue weighted by atomic mass is 16.2. The zero-order valence-electron chi connectivity index (χ0n) is 10.5. The van der Waals surface area contributed by atoms with E-state index < -0.39 is 0 Å². The van der Waals surface area contributed by atoms with Crippen molar-refractivity contribution in [1.82, 2.24) is 0 Å². The van der Waals surface area contributed by atoms with Gasteiger partial charge in [0.15, 0.2) is 5.78 Å². The summed E-state index contributed by atoms with van der Waals surface area (Å²) in [7, 11) is 0. The molecule has 0 heterocycles. The molecule has 1 aromatic rings. The third kappa shape index (κ3) is 2.38. The van der Waals surface area contributed by atoms with E-state index in [9.17, 15) is 9.59 Å². The Balaban J connectivity index is 2.26. The molecule has 0 spiro atoms. The number of nitrogens with one attached hydrogen (secondary N) is 1. The quantitative estimate of drug-likeness (QED) is 0.813. The van der Waals surface area contributed by atoms with E-state index in [1.807, 2.05) is 26.0 Å². The standard InChI is InChI=1S/C14H17NO2/c1-9-4-5-12(11(8-9)10(2)16)15-13(17)14(3)6-7-14/h4-5,8H,6-7H2,1-3H3,(H,15,17).